The van der Waals surface area contributed by atoms with Gasteiger partial charge in [-0.15, -0.1) is 0 Å². The topological polar surface area (TPSA) is 83.5 Å². The highest BCUT2D eigenvalue weighted by Gasteiger charge is 2.21. The SMILES string of the molecule is Cc1ccc(S(=O)(=O)NC(=O)[C@H](C)O)c(C)c1. The third-order valence-electron chi connectivity index (χ3n) is 2.23. The molecule has 94 valence electrons. The van der Waals surface area contributed by atoms with E-state index >= 15 is 0 Å². The van der Waals surface area contributed by atoms with E-state index in [1.165, 1.54) is 13.0 Å². The number of carbonyl (C=O) groups excluding carboxylic acids is 1. The van der Waals surface area contributed by atoms with Crippen molar-refractivity contribution in [1.29, 1.82) is 0 Å². The first kappa shape index (κ1) is 13.7. The van der Waals surface area contributed by atoms with Crippen LogP contribution in [0.4, 0.5) is 0 Å². The van der Waals surface area contributed by atoms with Crippen molar-refractivity contribution in [3.8, 4) is 0 Å². The Hall–Kier alpha value is -1.40. The highest BCUT2D eigenvalue weighted by atomic mass is 32.2. The monoisotopic (exact) mass is 257 g/mol. The molecule has 0 aromatic heterocycles. The van der Waals surface area contributed by atoms with Crippen molar-refractivity contribution in [2.24, 2.45) is 0 Å². The highest BCUT2D eigenvalue weighted by Crippen LogP contribution is 2.16. The molecule has 1 aromatic rings. The van der Waals surface area contributed by atoms with E-state index in [1.807, 2.05) is 11.6 Å². The van der Waals surface area contributed by atoms with E-state index in [0.29, 0.717) is 5.56 Å². The van der Waals surface area contributed by atoms with Crippen molar-refractivity contribution in [3.63, 3.8) is 0 Å². The van der Waals surface area contributed by atoms with Crippen molar-refractivity contribution in [1.82, 2.24) is 4.72 Å². The van der Waals surface area contributed by atoms with Crippen LogP contribution in [0.25, 0.3) is 0 Å². The average Bonchev–Trinajstić information content (AvgIpc) is 2.15. The molecule has 1 rings (SSSR count). The predicted molar refractivity (Wildman–Crippen MR) is 62.9 cm³/mol. The zero-order valence-corrected chi connectivity index (χ0v) is 10.7. The van der Waals surface area contributed by atoms with Crippen LogP contribution in [0.15, 0.2) is 23.1 Å². The van der Waals surface area contributed by atoms with Crippen LogP contribution in [0.3, 0.4) is 0 Å². The zero-order chi connectivity index (χ0) is 13.2. The molecule has 0 radical (unpaired) electrons. The Morgan fingerprint density at radius 2 is 1.94 bits per heavy atom. The van der Waals surface area contributed by atoms with Crippen molar-refractivity contribution in [2.45, 2.75) is 31.8 Å². The number of amides is 1. The maximum atomic E-state index is 11.8. The van der Waals surface area contributed by atoms with Gasteiger partial charge in [-0.3, -0.25) is 4.79 Å². The molecular formula is C11H15NO4S. The Morgan fingerprint density at radius 1 is 1.35 bits per heavy atom. The molecule has 6 heteroatoms. The van der Waals surface area contributed by atoms with Gasteiger partial charge in [0.25, 0.3) is 15.9 Å². The van der Waals surface area contributed by atoms with E-state index in [2.05, 4.69) is 0 Å². The van der Waals surface area contributed by atoms with Crippen LogP contribution >= 0.6 is 0 Å². The average molecular weight is 257 g/mol. The minimum absolute atomic E-state index is 0.0390. The fourth-order valence-electron chi connectivity index (χ4n) is 1.37. The maximum absolute atomic E-state index is 11.8. The van der Waals surface area contributed by atoms with Crippen LogP contribution in [0.1, 0.15) is 18.1 Å². The Labute approximate surface area is 101 Å². The minimum Gasteiger partial charge on any atom is -0.384 e. The highest BCUT2D eigenvalue weighted by molar-refractivity contribution is 7.90. The van der Waals surface area contributed by atoms with Gasteiger partial charge < -0.3 is 5.11 Å². The summed E-state index contributed by atoms with van der Waals surface area (Å²) in [6.45, 7) is 4.69. The van der Waals surface area contributed by atoms with Crippen LogP contribution in [-0.2, 0) is 14.8 Å². The van der Waals surface area contributed by atoms with Gasteiger partial charge in [0.1, 0.15) is 6.10 Å². The van der Waals surface area contributed by atoms with Gasteiger partial charge in [-0.1, -0.05) is 17.7 Å². The van der Waals surface area contributed by atoms with Gasteiger partial charge in [-0.25, -0.2) is 13.1 Å². The van der Waals surface area contributed by atoms with Gasteiger partial charge >= 0.3 is 0 Å². The normalized spacial score (nSPS) is 13.2. The van der Waals surface area contributed by atoms with Crippen LogP contribution < -0.4 is 4.72 Å². The second kappa shape index (κ2) is 4.85. The Kier molecular flexibility index (Phi) is 3.90. The summed E-state index contributed by atoms with van der Waals surface area (Å²) in [4.78, 5) is 11.2. The van der Waals surface area contributed by atoms with Gasteiger partial charge in [0, 0.05) is 0 Å². The molecule has 0 aliphatic heterocycles. The van der Waals surface area contributed by atoms with Crippen LogP contribution in [0, 0.1) is 13.8 Å². The summed E-state index contributed by atoms with van der Waals surface area (Å²) < 4.78 is 25.5. The molecule has 17 heavy (non-hydrogen) atoms. The first-order chi connectivity index (χ1) is 7.74. The van der Waals surface area contributed by atoms with Gasteiger partial charge in [-0.05, 0) is 32.4 Å². The van der Waals surface area contributed by atoms with Gasteiger partial charge in [0.2, 0.25) is 0 Å². The molecule has 0 aliphatic carbocycles. The number of hydrogen-bond acceptors (Lipinski definition) is 4. The summed E-state index contributed by atoms with van der Waals surface area (Å²) in [5.74, 6) is -0.940. The fourth-order valence-corrected chi connectivity index (χ4v) is 2.65. The van der Waals surface area contributed by atoms with Gasteiger partial charge in [0.15, 0.2) is 0 Å². The van der Waals surface area contributed by atoms with E-state index in [1.54, 1.807) is 19.1 Å². The molecule has 0 aliphatic rings. The first-order valence-corrected chi connectivity index (χ1v) is 6.54. The van der Waals surface area contributed by atoms with Crippen LogP contribution in [-0.4, -0.2) is 25.5 Å². The molecule has 1 aromatic carbocycles. The van der Waals surface area contributed by atoms with Crippen molar-refractivity contribution in [3.05, 3.63) is 29.3 Å². The smallest absolute Gasteiger partial charge is 0.264 e. The molecular weight excluding hydrogens is 242 g/mol. The molecule has 0 heterocycles. The van der Waals surface area contributed by atoms with E-state index in [0.717, 1.165) is 5.56 Å². The van der Waals surface area contributed by atoms with E-state index < -0.39 is 22.0 Å². The fraction of sp³-hybridized carbons (Fsp3) is 0.364. The number of rotatable bonds is 3. The standard InChI is InChI=1S/C11H15NO4S/c1-7-4-5-10(8(2)6-7)17(15,16)12-11(14)9(3)13/h4-6,9,13H,1-3H3,(H,12,14)/t9-/m0/s1. The third kappa shape index (κ3) is 3.28. The lowest BCUT2D eigenvalue weighted by atomic mass is 10.2. The van der Waals surface area contributed by atoms with Crippen molar-refractivity contribution >= 4 is 15.9 Å². The Morgan fingerprint density at radius 3 is 2.41 bits per heavy atom. The summed E-state index contributed by atoms with van der Waals surface area (Å²) in [6, 6.07) is 4.79. The van der Waals surface area contributed by atoms with Crippen molar-refractivity contribution in [2.75, 3.05) is 0 Å². The van der Waals surface area contributed by atoms with Gasteiger partial charge in [0.05, 0.1) is 4.90 Å². The molecule has 2 N–H and O–H groups in total. The molecule has 0 spiro atoms. The van der Waals surface area contributed by atoms with E-state index in [-0.39, 0.29) is 4.90 Å². The molecule has 0 saturated carbocycles. The molecule has 1 atom stereocenters. The number of hydrogen-bond donors (Lipinski definition) is 2. The number of carbonyl (C=O) groups is 1. The van der Waals surface area contributed by atoms with Gasteiger partial charge in [-0.2, -0.15) is 0 Å². The number of nitrogens with one attached hydrogen (secondary N) is 1. The van der Waals surface area contributed by atoms with Crippen LogP contribution in [0.2, 0.25) is 0 Å². The summed E-state index contributed by atoms with van der Waals surface area (Å²) in [7, 11) is -3.91. The summed E-state index contributed by atoms with van der Waals surface area (Å²) in [5.41, 5.74) is 1.49. The molecule has 0 saturated heterocycles. The number of aliphatic hydroxyl groups is 1. The van der Waals surface area contributed by atoms with Crippen LogP contribution in [0.5, 0.6) is 0 Å². The second-order valence-corrected chi connectivity index (χ2v) is 5.57. The minimum atomic E-state index is -3.91. The lowest BCUT2D eigenvalue weighted by molar-refractivity contribution is -0.126. The number of aryl methyl sites for hydroxylation is 2. The molecule has 5 nitrogen and oxygen atoms in total. The largest absolute Gasteiger partial charge is 0.384 e. The Balaban J connectivity index is 3.10. The zero-order valence-electron chi connectivity index (χ0n) is 9.89. The summed E-state index contributed by atoms with van der Waals surface area (Å²) >= 11 is 0. The molecule has 0 unspecified atom stereocenters. The second-order valence-electron chi connectivity index (χ2n) is 3.91. The number of benzene rings is 1. The lowest BCUT2D eigenvalue weighted by Crippen LogP contribution is -2.37. The molecule has 0 fully saturated rings. The quantitative estimate of drug-likeness (QED) is 0.825. The predicted octanol–water partition coefficient (Wildman–Crippen LogP) is 0.489. The van der Waals surface area contributed by atoms with Crippen molar-refractivity contribution < 1.29 is 18.3 Å². The maximum Gasteiger partial charge on any atom is 0.264 e. The third-order valence-corrected chi connectivity index (χ3v) is 3.74. The molecule has 1 amide bonds. The summed E-state index contributed by atoms with van der Waals surface area (Å²) in [6.07, 6.45) is -1.37. The lowest BCUT2D eigenvalue weighted by Gasteiger charge is -2.10. The number of sulfonamides is 1. The van der Waals surface area contributed by atoms with E-state index in [4.69, 9.17) is 5.11 Å². The first-order valence-electron chi connectivity index (χ1n) is 5.06. The van der Waals surface area contributed by atoms with E-state index in [9.17, 15) is 13.2 Å². The Bertz CT molecular complexity index is 534. The number of aliphatic hydroxyl groups excluding tert-OH is 1. The molecule has 0 bridgehead atoms. The summed E-state index contributed by atoms with van der Waals surface area (Å²) in [5, 5.41) is 8.97.